The number of Topliss-reactive ketones (excluding diaryl/α,β-unsaturated/α-hetero) is 1. The van der Waals surface area contributed by atoms with Crippen LogP contribution in [0, 0.1) is 18.6 Å². The van der Waals surface area contributed by atoms with Crippen LogP contribution in [0.4, 0.5) is 13.9 Å². The molecular formula is C26H16Cl2F2N2O4S. The van der Waals surface area contributed by atoms with Gasteiger partial charge in [0.05, 0.1) is 39.5 Å². The first kappa shape index (κ1) is 25.1. The molecular weight excluding hydrogens is 545 g/mol. The Morgan fingerprint density at radius 2 is 1.84 bits per heavy atom. The molecule has 11 heteroatoms. The number of halogens is 4. The van der Waals surface area contributed by atoms with E-state index in [4.69, 9.17) is 27.9 Å². The number of aliphatic hydroxyl groups is 1. The van der Waals surface area contributed by atoms with Crippen LogP contribution >= 0.6 is 34.5 Å². The van der Waals surface area contributed by atoms with Crippen LogP contribution in [0.25, 0.3) is 16.0 Å². The molecule has 1 aliphatic heterocycles. The van der Waals surface area contributed by atoms with Crippen LogP contribution in [0.15, 0.2) is 54.1 Å². The quantitative estimate of drug-likeness (QED) is 0.168. The number of ether oxygens (including phenoxy) is 1. The molecule has 5 rings (SSSR count). The lowest BCUT2D eigenvalue weighted by Crippen LogP contribution is -2.29. The molecule has 188 valence electrons. The minimum absolute atomic E-state index is 0.0177. The summed E-state index contributed by atoms with van der Waals surface area (Å²) >= 11 is 13.3. The SMILES string of the molecule is COc1c(Cl)cc(Cl)cc1/C(O)=C1\C(=O)C(=O)N(c2nc3cc(F)c(F)cc3s2)C1c1cccc(C)c1. The summed E-state index contributed by atoms with van der Waals surface area (Å²) in [6, 6.07) is 10.6. The number of aromatic nitrogens is 1. The number of hydrogen-bond donors (Lipinski definition) is 1. The van der Waals surface area contributed by atoms with Crippen LogP contribution in [0.2, 0.25) is 10.0 Å². The van der Waals surface area contributed by atoms with Crippen LogP contribution < -0.4 is 9.64 Å². The topological polar surface area (TPSA) is 79.7 Å². The molecule has 37 heavy (non-hydrogen) atoms. The summed E-state index contributed by atoms with van der Waals surface area (Å²) in [6.07, 6.45) is 0. The highest BCUT2D eigenvalue weighted by atomic mass is 35.5. The Kier molecular flexibility index (Phi) is 6.39. The Morgan fingerprint density at radius 1 is 1.11 bits per heavy atom. The Labute approximate surface area is 223 Å². The Morgan fingerprint density at radius 3 is 2.54 bits per heavy atom. The van der Waals surface area contributed by atoms with Crippen molar-refractivity contribution < 1.29 is 28.2 Å². The number of hydrogen-bond acceptors (Lipinski definition) is 6. The minimum atomic E-state index is -1.11. The zero-order valence-electron chi connectivity index (χ0n) is 19.2. The van der Waals surface area contributed by atoms with Gasteiger partial charge in [-0.3, -0.25) is 14.5 Å². The number of ketones is 1. The van der Waals surface area contributed by atoms with Gasteiger partial charge in [-0.25, -0.2) is 13.8 Å². The molecule has 1 aliphatic rings. The van der Waals surface area contributed by atoms with Crippen LogP contribution in [-0.2, 0) is 9.59 Å². The molecule has 1 aromatic heterocycles. The molecule has 2 heterocycles. The summed E-state index contributed by atoms with van der Waals surface area (Å²) in [5.74, 6) is -4.61. The van der Waals surface area contributed by atoms with E-state index < -0.39 is 35.1 Å². The van der Waals surface area contributed by atoms with Gasteiger partial charge in [0.2, 0.25) is 0 Å². The summed E-state index contributed by atoms with van der Waals surface area (Å²) in [6.45, 7) is 1.83. The number of methoxy groups -OCH3 is 1. The van der Waals surface area contributed by atoms with Crippen molar-refractivity contribution in [2.75, 3.05) is 12.0 Å². The second-order valence-corrected chi connectivity index (χ2v) is 10.1. The third-order valence-electron chi connectivity index (χ3n) is 5.90. The summed E-state index contributed by atoms with van der Waals surface area (Å²) in [7, 11) is 1.34. The standard InChI is InChI=1S/C26H16Cl2F2N2O4S/c1-11-4-3-5-12(6-11)21-20(22(33)14-7-13(27)8-15(28)24(14)36-2)23(34)25(35)32(21)26-31-18-9-16(29)17(30)10-19(18)37-26/h3-10,21,33H,1-2H3/b22-20+. The molecule has 1 atom stereocenters. The van der Waals surface area contributed by atoms with Gasteiger partial charge in [0.1, 0.15) is 11.5 Å². The first-order chi connectivity index (χ1) is 17.6. The molecule has 0 saturated carbocycles. The maximum atomic E-state index is 13.8. The molecule has 1 saturated heterocycles. The van der Waals surface area contributed by atoms with Gasteiger partial charge in [0, 0.05) is 11.1 Å². The molecule has 4 aromatic rings. The number of anilines is 1. The maximum Gasteiger partial charge on any atom is 0.301 e. The molecule has 6 nitrogen and oxygen atoms in total. The normalized spacial score (nSPS) is 17.1. The smallest absolute Gasteiger partial charge is 0.301 e. The third-order valence-corrected chi connectivity index (χ3v) is 7.41. The lowest BCUT2D eigenvalue weighted by Gasteiger charge is -2.23. The van der Waals surface area contributed by atoms with Gasteiger partial charge in [0.15, 0.2) is 16.8 Å². The number of thiazole rings is 1. The Bertz CT molecular complexity index is 1610. The van der Waals surface area contributed by atoms with E-state index in [0.29, 0.717) is 5.56 Å². The zero-order chi connectivity index (χ0) is 26.6. The number of fused-ring (bicyclic) bond motifs is 1. The van der Waals surface area contributed by atoms with Crippen molar-refractivity contribution in [2.45, 2.75) is 13.0 Å². The predicted molar refractivity (Wildman–Crippen MR) is 139 cm³/mol. The van der Waals surface area contributed by atoms with Gasteiger partial charge < -0.3 is 9.84 Å². The van der Waals surface area contributed by atoms with E-state index in [0.717, 1.165) is 33.9 Å². The Hall–Kier alpha value is -3.53. The number of amides is 1. The van der Waals surface area contributed by atoms with E-state index in [1.165, 1.54) is 19.2 Å². The highest BCUT2D eigenvalue weighted by molar-refractivity contribution is 7.22. The number of rotatable bonds is 4. The highest BCUT2D eigenvalue weighted by Crippen LogP contribution is 2.46. The third kappa shape index (κ3) is 4.22. The number of carbonyl (C=O) groups excluding carboxylic acids is 2. The average molecular weight is 561 g/mol. The van der Waals surface area contributed by atoms with Crippen LogP contribution in [-0.4, -0.2) is 28.9 Å². The number of aryl methyl sites for hydroxylation is 1. The van der Waals surface area contributed by atoms with Crippen molar-refractivity contribution in [3.8, 4) is 5.75 Å². The highest BCUT2D eigenvalue weighted by Gasteiger charge is 2.48. The van der Waals surface area contributed by atoms with Gasteiger partial charge in [-0.1, -0.05) is 64.4 Å². The molecule has 1 N–H and O–H groups in total. The number of benzene rings is 3. The van der Waals surface area contributed by atoms with E-state index in [-0.39, 0.29) is 42.3 Å². The Balaban J connectivity index is 1.78. The van der Waals surface area contributed by atoms with Crippen molar-refractivity contribution in [1.82, 2.24) is 4.98 Å². The van der Waals surface area contributed by atoms with E-state index in [2.05, 4.69) is 4.98 Å². The molecule has 1 fully saturated rings. The van der Waals surface area contributed by atoms with Gasteiger partial charge in [0.25, 0.3) is 5.78 Å². The lowest BCUT2D eigenvalue weighted by molar-refractivity contribution is -0.132. The largest absolute Gasteiger partial charge is 0.507 e. The summed E-state index contributed by atoms with van der Waals surface area (Å²) in [5, 5.41) is 11.7. The fourth-order valence-corrected chi connectivity index (χ4v) is 5.86. The van der Waals surface area contributed by atoms with E-state index in [1.54, 1.807) is 18.2 Å². The summed E-state index contributed by atoms with van der Waals surface area (Å²) in [5.41, 5.74) is 1.23. The van der Waals surface area contributed by atoms with E-state index >= 15 is 0 Å². The van der Waals surface area contributed by atoms with Crippen LogP contribution in [0.1, 0.15) is 22.7 Å². The zero-order valence-corrected chi connectivity index (χ0v) is 21.5. The molecule has 0 bridgehead atoms. The monoisotopic (exact) mass is 560 g/mol. The van der Waals surface area contributed by atoms with Crippen molar-refractivity contribution in [1.29, 1.82) is 0 Å². The van der Waals surface area contributed by atoms with Crippen molar-refractivity contribution in [3.05, 3.63) is 92.5 Å². The van der Waals surface area contributed by atoms with E-state index in [1.807, 2.05) is 13.0 Å². The molecule has 3 aromatic carbocycles. The fourth-order valence-electron chi connectivity index (χ4n) is 4.29. The molecule has 0 spiro atoms. The van der Waals surface area contributed by atoms with Crippen molar-refractivity contribution in [3.63, 3.8) is 0 Å². The second kappa shape index (κ2) is 9.41. The molecule has 1 amide bonds. The first-order valence-electron chi connectivity index (χ1n) is 10.8. The van der Waals surface area contributed by atoms with Gasteiger partial charge in [-0.05, 0) is 30.7 Å². The number of carbonyl (C=O) groups is 2. The second-order valence-electron chi connectivity index (χ2n) is 8.28. The van der Waals surface area contributed by atoms with Gasteiger partial charge >= 0.3 is 5.91 Å². The first-order valence-corrected chi connectivity index (χ1v) is 12.3. The predicted octanol–water partition coefficient (Wildman–Crippen LogP) is 6.82. The molecule has 0 aliphatic carbocycles. The fraction of sp³-hybridized carbons (Fsp3) is 0.115. The number of aliphatic hydroxyl groups excluding tert-OH is 1. The van der Waals surface area contributed by atoms with Crippen molar-refractivity contribution in [2.24, 2.45) is 0 Å². The lowest BCUT2D eigenvalue weighted by atomic mass is 9.94. The minimum Gasteiger partial charge on any atom is -0.507 e. The summed E-state index contributed by atoms with van der Waals surface area (Å²) < 4.78 is 33.3. The number of nitrogens with zero attached hydrogens (tertiary/aromatic N) is 2. The van der Waals surface area contributed by atoms with Crippen molar-refractivity contribution >= 4 is 67.3 Å². The summed E-state index contributed by atoms with van der Waals surface area (Å²) in [4.78, 5) is 32.2. The molecule has 1 unspecified atom stereocenters. The average Bonchev–Trinajstić information content (AvgIpc) is 3.36. The molecule has 0 radical (unpaired) electrons. The van der Waals surface area contributed by atoms with Crippen LogP contribution in [0.5, 0.6) is 5.75 Å². The maximum absolute atomic E-state index is 13.8. The van der Waals surface area contributed by atoms with Crippen LogP contribution in [0.3, 0.4) is 0 Å². The van der Waals surface area contributed by atoms with E-state index in [9.17, 15) is 23.5 Å². The van der Waals surface area contributed by atoms with Gasteiger partial charge in [-0.15, -0.1) is 0 Å². The van der Waals surface area contributed by atoms with Gasteiger partial charge in [-0.2, -0.15) is 0 Å².